The van der Waals surface area contributed by atoms with Crippen molar-refractivity contribution in [1.29, 1.82) is 0 Å². The summed E-state index contributed by atoms with van der Waals surface area (Å²) in [6.45, 7) is 79.5. The second-order valence-corrected chi connectivity index (χ2v) is 30.8. The number of aliphatic imine (C=N–C) groups is 9. The van der Waals surface area contributed by atoms with E-state index in [1.54, 1.807) is 28.1 Å². The molecule has 0 spiro atoms. The average Bonchev–Trinajstić information content (AvgIpc) is 0.845. The van der Waals surface area contributed by atoms with Crippen LogP contribution in [-0.4, -0.2) is 207 Å². The molecule has 0 aromatic heterocycles. The number of nitrogens with zero attached hydrogens (tertiary/aromatic N) is 9. The predicted octanol–water partition coefficient (Wildman–Crippen LogP) is 20.1. The van der Waals surface area contributed by atoms with Gasteiger partial charge in [0.15, 0.2) is 0 Å². The Balaban J connectivity index is -0.0000000563. The smallest absolute Gasteiger partial charge is 0.104 e. The normalized spacial score (nSPS) is 16.7. The van der Waals surface area contributed by atoms with Gasteiger partial charge in [-0.15, -0.1) is 0 Å². The summed E-state index contributed by atoms with van der Waals surface area (Å²) in [6.07, 6.45) is 15.2. The first-order valence-corrected chi connectivity index (χ1v) is 41.0. The second-order valence-electron chi connectivity index (χ2n) is 30.8. The van der Waals surface area contributed by atoms with Crippen molar-refractivity contribution in [2.24, 2.45) is 62.7 Å². The predicted molar refractivity (Wildman–Crippen MR) is 470 cm³/mol. The Morgan fingerprint density at radius 1 is 0.237 bits per heavy atom. The molecule has 0 aromatic carbocycles. The molecule has 0 heterocycles. The fraction of sp³-hybridized carbons (Fsp3) is 0.897. The quantitative estimate of drug-likeness (QED) is 0.0269. The molecule has 0 rings (SSSR count). The third kappa shape index (κ3) is 76.8. The van der Waals surface area contributed by atoms with Crippen LogP contribution in [0.1, 0.15) is 386 Å². The van der Waals surface area contributed by atoms with Crippen molar-refractivity contribution < 1.29 is 393 Å². The summed E-state index contributed by atoms with van der Waals surface area (Å²) in [5.74, 6) is 0.689. The fourth-order valence-corrected chi connectivity index (χ4v) is 11.7. The van der Waals surface area contributed by atoms with Crippen LogP contribution in [0.25, 0.3) is 0 Å². The molecule has 0 aliphatic heterocycles. The van der Waals surface area contributed by atoms with Gasteiger partial charge in [-0.2, -0.15) is 0 Å². The van der Waals surface area contributed by atoms with E-state index in [0.717, 1.165) is 187 Å². The molecule has 0 amide bonds. The van der Waals surface area contributed by atoms with E-state index in [2.05, 4.69) is 86.5 Å². The van der Waals surface area contributed by atoms with Crippen molar-refractivity contribution >= 4 is 51.4 Å². The molecule has 9 N–H and O–H groups in total. The maximum absolute atomic E-state index is 10.3. The Morgan fingerprint density at radius 2 is 0.439 bits per heavy atom. The minimum atomic E-state index is -0.718. The van der Waals surface area contributed by atoms with Crippen molar-refractivity contribution in [3.05, 3.63) is 0 Å². The first kappa shape index (κ1) is 165. The summed E-state index contributed by atoms with van der Waals surface area (Å²) in [5, 5.41) is 90.1. The van der Waals surface area contributed by atoms with Gasteiger partial charge in [-0.3, -0.25) is 44.9 Å². The van der Waals surface area contributed by atoms with Crippen molar-refractivity contribution in [3.8, 4) is 0 Å². The zero-order chi connectivity index (χ0) is 85.4. The second kappa shape index (κ2) is 93.1. The minimum absolute atomic E-state index is 0. The molecule has 18 nitrogen and oxygen atoms in total. The van der Waals surface area contributed by atoms with Gasteiger partial charge in [0.2, 0.25) is 0 Å². The molecule has 0 aliphatic carbocycles. The summed E-state index contributed by atoms with van der Waals surface area (Å²) in [6, 6.07) is 0.806. The topological polar surface area (TPSA) is 293 Å². The van der Waals surface area contributed by atoms with Gasteiger partial charge in [0.25, 0.3) is 0 Å². The molecular formula is C87H183N9O9Tb9. The van der Waals surface area contributed by atoms with Crippen LogP contribution < -0.4 is 0 Å². The molecule has 114 heavy (non-hydrogen) atoms. The van der Waals surface area contributed by atoms with Gasteiger partial charge in [-0.25, -0.2) is 0 Å². The van der Waals surface area contributed by atoms with E-state index in [4.69, 9.17) is 0 Å². The van der Waals surface area contributed by atoms with Crippen molar-refractivity contribution in [2.45, 2.75) is 454 Å². The maximum atomic E-state index is 10.3. The third-order valence-electron chi connectivity index (χ3n) is 20.2. The van der Waals surface area contributed by atoms with Crippen LogP contribution in [0.5, 0.6) is 0 Å². The molecule has 0 aliphatic rings. The number of rotatable bonds is 36. The van der Waals surface area contributed by atoms with E-state index >= 15 is 0 Å². The van der Waals surface area contributed by atoms with E-state index in [0.29, 0.717) is 0 Å². The Morgan fingerprint density at radius 3 is 0.658 bits per heavy atom. The summed E-state index contributed by atoms with van der Waals surface area (Å²) in [5.41, 5.74) is 1.51. The first-order valence-electron chi connectivity index (χ1n) is 41.0. The van der Waals surface area contributed by atoms with Gasteiger partial charge >= 0.3 is 0 Å². The molecular weight excluding hydrogens is 2750 g/mol. The van der Waals surface area contributed by atoms with Gasteiger partial charge in [0.1, 0.15) is 33.6 Å². The average molecular weight is 2930 g/mol. The molecule has 711 valence electrons. The van der Waals surface area contributed by atoms with Crippen LogP contribution in [-0.2, 0) is 0 Å². The van der Waals surface area contributed by atoms with Crippen molar-refractivity contribution in [1.82, 2.24) is 0 Å². The van der Waals surface area contributed by atoms with Crippen LogP contribution in [0.2, 0.25) is 0 Å². The molecule has 0 saturated heterocycles. The standard InChI is InChI=1S/2C11H23NO.3C10H21NO.3C9H19NO.C8H17NO.9Tb/c1-7-11(13,8(2)3)10(6)12-9(4)5;1-6-8-11(13,7-2)10(5)12-9(3)4;1-6-7-10(5,12)9(4)11-8(2)3;1-6-10(12,8(3)4)9(5)11-7-2;1-5-8-10(12,6-2)9(4)11-7-3;1-6-9(11,7(2)3)8(4)10-5;1-5-7-9(11,6-2)8(3)10-4;1-5-7-9(4,11)8(3)10-6-2;1-5-6-8(3,10)7(2)9-4;;;;;;;;;/h8-9,13H,7H2,1-6H3;9,13H,6-8H2,1-5H3;2*8,12H,6-7H2,1-5H3;12H,5-8H2,1-4H3;7,11H,6H2,1-5H3;2*11H,5-7H2,1-4H3;10H,5-6H2,1-4H3;;;;;;;;;. The zero-order valence-corrected chi connectivity index (χ0v) is 99.6. The van der Waals surface area contributed by atoms with Crippen LogP contribution in [0.4, 0.5) is 0 Å². The molecule has 9 radical (unpaired) electrons. The molecule has 0 aromatic rings. The number of hydrogen-bond donors (Lipinski definition) is 9. The molecule has 0 saturated carbocycles. The molecule has 0 bridgehead atoms. The van der Waals surface area contributed by atoms with Gasteiger partial charge in [0, 0.05) is 458 Å². The summed E-state index contributed by atoms with van der Waals surface area (Å²) >= 11 is 0. The van der Waals surface area contributed by atoms with Gasteiger partial charge in [0.05, 0.1) is 16.8 Å². The van der Waals surface area contributed by atoms with Gasteiger partial charge in [-0.05, 0) is 240 Å². The van der Waals surface area contributed by atoms with Crippen molar-refractivity contribution in [2.75, 3.05) is 40.8 Å². The van der Waals surface area contributed by atoms with Crippen LogP contribution >= 0.6 is 0 Å². The Kier molecular flexibility index (Phi) is 135. The van der Waals surface area contributed by atoms with E-state index in [1.165, 1.54) is 0 Å². The zero-order valence-electron chi connectivity index (χ0n) is 80.4. The van der Waals surface area contributed by atoms with E-state index < -0.39 is 50.4 Å². The summed E-state index contributed by atoms with van der Waals surface area (Å²) < 4.78 is 0. The minimum Gasteiger partial charge on any atom is -0.384 e. The van der Waals surface area contributed by atoms with E-state index in [1.807, 2.05) is 222 Å². The SMILES string of the molecule is CCC(O)(C(C)=NC(C)C)C(C)C.CCC(O)(C(C)=NC)C(C)C.CCCC(C)(O)C(C)=NC.CCCC(C)(O)C(C)=NC(C)C.CCCC(C)(O)C(C)=NCC.CCCC(O)(CC)C(C)=NC.CCCC(O)(CC)C(C)=NC(C)C.CCCC(O)(CC)C(C)=NCC.CCN=C(C)C(O)(CC)C(C)C.[Tb].[Tb].[Tb].[Tb].[Tb].[Tb].[Tb].[Tb].[Tb]. The largest absolute Gasteiger partial charge is 0.384 e. The fourth-order valence-electron chi connectivity index (χ4n) is 11.7. The summed E-state index contributed by atoms with van der Waals surface area (Å²) in [4.78, 5) is 37.8. The monoisotopic (exact) mass is 2930 g/mol. The first-order chi connectivity index (χ1) is 48.0. The van der Waals surface area contributed by atoms with Crippen LogP contribution in [0.15, 0.2) is 44.9 Å². The Labute approximate surface area is 984 Å². The molecule has 27 heteroatoms. The molecule has 9 atom stereocenters. The van der Waals surface area contributed by atoms with Crippen molar-refractivity contribution in [3.63, 3.8) is 0 Å². The van der Waals surface area contributed by atoms with Crippen LogP contribution in [0, 0.1) is 365 Å². The Hall–Kier alpha value is 8.24. The third-order valence-corrected chi connectivity index (χ3v) is 20.2. The Bertz CT molecular complexity index is 2490. The van der Waals surface area contributed by atoms with E-state index in [9.17, 15) is 46.0 Å². The van der Waals surface area contributed by atoms with Gasteiger partial charge in [-0.1, -0.05) is 163 Å². The molecule has 0 fully saturated rings. The van der Waals surface area contributed by atoms with Crippen LogP contribution in [0.3, 0.4) is 0 Å². The van der Waals surface area contributed by atoms with E-state index in [-0.39, 0.29) is 383 Å². The summed E-state index contributed by atoms with van der Waals surface area (Å²) in [7, 11) is 5.16. The number of hydrogen-bond acceptors (Lipinski definition) is 18. The van der Waals surface area contributed by atoms with Gasteiger partial charge < -0.3 is 46.0 Å². The maximum Gasteiger partial charge on any atom is 0.104 e. The molecule has 9 unspecified atom stereocenters. The number of aliphatic hydroxyl groups is 9.